The van der Waals surface area contributed by atoms with Crippen molar-refractivity contribution in [3.05, 3.63) is 71.2 Å². The van der Waals surface area contributed by atoms with Gasteiger partial charge < -0.3 is 44.6 Å². The van der Waals surface area contributed by atoms with Gasteiger partial charge in [0.25, 0.3) is 0 Å². The quantitative estimate of drug-likeness (QED) is 0.0666. The number of thioether (sulfide) groups is 1. The van der Waals surface area contributed by atoms with Crippen LogP contribution in [0.5, 0.6) is 5.75 Å². The SMILES string of the molecule is CC#C/C=C\C#C[C@H](OC1OC(C)C(SC)(C(=O)c2nccc3c2[nH]c2ccc(O)cc23)C(O)C1OCCCCNC(C)C)C1=C(NC(=O)OC)C(=O)C[C@H](O)/C1=C/CS(C)=S. The molecule has 5 rings (SSSR count). The first-order chi connectivity index (χ1) is 29.7. The maximum Gasteiger partial charge on any atom is 0.411 e. The zero-order chi connectivity index (χ0) is 45.1. The molecule has 6 unspecified atom stereocenters. The molecule has 8 atom stereocenters. The number of carbonyl (C=O) groups excluding carboxylic acids is 3. The molecule has 1 amide bonds. The maximum absolute atomic E-state index is 15.1. The second-order valence-corrected chi connectivity index (χ2v) is 19.3. The molecule has 332 valence electrons. The van der Waals surface area contributed by atoms with Gasteiger partial charge in [-0.1, -0.05) is 48.9 Å². The Hall–Kier alpha value is -4.40. The van der Waals surface area contributed by atoms with Gasteiger partial charge in [0.05, 0.1) is 30.5 Å². The summed E-state index contributed by atoms with van der Waals surface area (Å²) >= 11 is 6.56. The van der Waals surface area contributed by atoms with Gasteiger partial charge in [-0.05, 0) is 87.7 Å². The van der Waals surface area contributed by atoms with Crippen LogP contribution in [0.25, 0.3) is 21.8 Å². The average Bonchev–Trinajstić information content (AvgIpc) is 3.60. The molecule has 14 nitrogen and oxygen atoms in total. The minimum absolute atomic E-state index is 0.0461. The normalized spacial score (nSPS) is 24.5. The summed E-state index contributed by atoms with van der Waals surface area (Å²) in [4.78, 5) is 49.3. The minimum Gasteiger partial charge on any atom is -0.508 e. The van der Waals surface area contributed by atoms with Crippen molar-refractivity contribution in [2.75, 3.05) is 38.5 Å². The van der Waals surface area contributed by atoms with Gasteiger partial charge in [0.2, 0.25) is 5.78 Å². The molecule has 2 aromatic heterocycles. The van der Waals surface area contributed by atoms with Crippen LogP contribution in [-0.4, -0.2) is 129 Å². The van der Waals surface area contributed by atoms with E-state index < -0.39 is 68.7 Å². The Morgan fingerprint density at radius 1 is 1.19 bits per heavy atom. The lowest BCUT2D eigenvalue weighted by Gasteiger charge is -2.50. The highest BCUT2D eigenvalue weighted by atomic mass is 32.8. The first-order valence-electron chi connectivity index (χ1n) is 20.1. The van der Waals surface area contributed by atoms with E-state index in [9.17, 15) is 24.9 Å². The summed E-state index contributed by atoms with van der Waals surface area (Å²) < 4.78 is 23.0. The van der Waals surface area contributed by atoms with E-state index in [-0.39, 0.29) is 47.4 Å². The van der Waals surface area contributed by atoms with Crippen LogP contribution in [-0.2, 0) is 44.4 Å². The number of carbonyl (C=O) groups is 3. The lowest BCUT2D eigenvalue weighted by molar-refractivity contribution is -0.283. The molecule has 1 aromatic carbocycles. The molecule has 1 aliphatic carbocycles. The molecule has 1 saturated heterocycles. The van der Waals surface area contributed by atoms with Crippen molar-refractivity contribution in [1.82, 2.24) is 20.6 Å². The average molecular weight is 907 g/mol. The Balaban J connectivity index is 1.64. The number of pyridine rings is 1. The number of ether oxygens (including phenoxy) is 4. The summed E-state index contributed by atoms with van der Waals surface area (Å²) in [5.41, 5.74) is 1.25. The van der Waals surface area contributed by atoms with Crippen LogP contribution in [0, 0.1) is 23.7 Å². The molecule has 0 radical (unpaired) electrons. The van der Waals surface area contributed by atoms with Crippen LogP contribution in [0.2, 0.25) is 0 Å². The number of nitrogens with one attached hydrogen (secondary N) is 3. The number of hydrogen-bond donors (Lipinski definition) is 6. The summed E-state index contributed by atoms with van der Waals surface area (Å²) in [7, 11) is 0.612. The molecule has 3 aromatic rings. The van der Waals surface area contributed by atoms with Gasteiger partial charge in [0.1, 0.15) is 34.5 Å². The van der Waals surface area contributed by atoms with Gasteiger partial charge in [-0.15, -0.1) is 27.1 Å². The van der Waals surface area contributed by atoms with Crippen LogP contribution in [0.3, 0.4) is 0 Å². The summed E-state index contributed by atoms with van der Waals surface area (Å²) in [6.07, 6.45) is 1.68. The highest BCUT2D eigenvalue weighted by Crippen LogP contribution is 2.45. The fraction of sp³-hybridized carbons (Fsp3) is 0.467. The third-order valence-corrected chi connectivity index (χ3v) is 13.0. The summed E-state index contributed by atoms with van der Waals surface area (Å²) in [6, 6.07) is 6.87. The second-order valence-electron chi connectivity index (χ2n) is 15.0. The minimum atomic E-state index is -1.70. The van der Waals surface area contributed by atoms with Crippen LogP contribution >= 0.6 is 11.8 Å². The zero-order valence-electron chi connectivity index (χ0n) is 35.8. The van der Waals surface area contributed by atoms with Gasteiger partial charge in [-0.2, -0.15) is 0 Å². The van der Waals surface area contributed by atoms with Crippen molar-refractivity contribution in [3.8, 4) is 29.4 Å². The van der Waals surface area contributed by atoms with E-state index in [1.54, 1.807) is 44.4 Å². The topological polar surface area (TPSA) is 202 Å². The van der Waals surface area contributed by atoms with Crippen molar-refractivity contribution >= 4 is 71.9 Å². The first-order valence-corrected chi connectivity index (χ1v) is 24.1. The number of Topliss-reactive ketones (excluding diaryl/α,β-unsaturated/α-hetero) is 2. The lowest BCUT2D eigenvalue weighted by Crippen LogP contribution is -2.68. The molecule has 0 spiro atoms. The first kappa shape index (κ1) is 48.6. The van der Waals surface area contributed by atoms with Gasteiger partial charge in [0.15, 0.2) is 12.1 Å². The number of aliphatic hydroxyl groups excluding tert-OH is 2. The number of nitrogens with zero attached hydrogens (tertiary/aromatic N) is 1. The summed E-state index contributed by atoms with van der Waals surface area (Å²) in [5, 5.41) is 41.6. The number of aromatic nitrogens is 2. The van der Waals surface area contributed by atoms with Crippen molar-refractivity contribution in [1.29, 1.82) is 0 Å². The number of H-pyrrole nitrogens is 1. The van der Waals surface area contributed by atoms with E-state index in [0.29, 0.717) is 34.0 Å². The number of fused-ring (bicyclic) bond motifs is 3. The van der Waals surface area contributed by atoms with Crippen LogP contribution < -0.4 is 10.6 Å². The molecular weight excluding hydrogens is 853 g/mol. The number of unbranched alkanes of at least 4 members (excludes halogenated alkanes) is 1. The van der Waals surface area contributed by atoms with Crippen molar-refractivity contribution in [2.45, 2.75) is 94.6 Å². The Kier molecular flexibility index (Phi) is 17.5. The highest BCUT2D eigenvalue weighted by molar-refractivity contribution is 8.28. The Morgan fingerprint density at radius 2 is 1.95 bits per heavy atom. The van der Waals surface area contributed by atoms with Crippen LogP contribution in [0.1, 0.15) is 57.4 Å². The number of amides is 1. The highest BCUT2D eigenvalue weighted by Gasteiger charge is 2.60. The monoisotopic (exact) mass is 906 g/mol. The van der Waals surface area contributed by atoms with Gasteiger partial charge in [0, 0.05) is 52.9 Å². The number of alkyl carbamates (subject to hydrolysis) is 1. The van der Waals surface area contributed by atoms with Crippen LogP contribution in [0.15, 0.2) is 65.5 Å². The second kappa shape index (κ2) is 22.3. The fourth-order valence-electron chi connectivity index (χ4n) is 7.48. The smallest absolute Gasteiger partial charge is 0.411 e. The predicted octanol–water partition coefficient (Wildman–Crippen LogP) is 4.52. The van der Waals surface area contributed by atoms with Crippen molar-refractivity contribution < 1.29 is 48.7 Å². The van der Waals surface area contributed by atoms with Gasteiger partial charge in [-0.25, -0.2) is 4.79 Å². The Morgan fingerprint density at radius 3 is 2.65 bits per heavy atom. The largest absolute Gasteiger partial charge is 0.508 e. The number of aliphatic hydroxyl groups is 2. The Bertz CT molecular complexity index is 2390. The van der Waals surface area contributed by atoms with Gasteiger partial charge >= 0.3 is 6.09 Å². The standard InChI is InChI=1S/C45H54N4O10S3/c1-8-9-10-11-12-15-35(36-30(19-23-62(7)60)33(51)25-34(52)38(36)49-44(55)56-5)59-43-40(57-22-14-13-20-46-26(2)3)42(54)45(61-6,27(4)58-43)41(53)39-37-29(18-21-47-39)31-24-28(50)16-17-32(31)48-37/h10-11,16-19,21,24,26-27,33,35,40,42-43,46,48,50-51,54H,13-14,20,22-23,25H2,1-7H3,(H,49,55)/b11-10-,30-19-/t27?,33-,35-,40?,42?,43?,45?,62?/m0/s1. The molecule has 17 heteroatoms. The molecule has 1 aliphatic heterocycles. The predicted molar refractivity (Wildman–Crippen MR) is 245 cm³/mol. The van der Waals surface area contributed by atoms with E-state index in [4.69, 9.17) is 30.1 Å². The molecule has 0 bridgehead atoms. The molecular formula is C45H54N4O10S3. The van der Waals surface area contributed by atoms with E-state index in [0.717, 1.165) is 31.8 Å². The number of phenols is 1. The molecule has 0 saturated carbocycles. The number of aromatic hydroxyl groups is 1. The van der Waals surface area contributed by atoms with Crippen LogP contribution in [0.4, 0.5) is 4.79 Å². The number of rotatable bonds is 16. The maximum atomic E-state index is 15.1. The lowest BCUT2D eigenvalue weighted by atomic mass is 9.82. The number of allylic oxidation sites excluding steroid dienone is 3. The molecule has 62 heavy (non-hydrogen) atoms. The van der Waals surface area contributed by atoms with E-state index >= 15 is 4.79 Å². The zero-order valence-corrected chi connectivity index (χ0v) is 38.2. The fourth-order valence-corrected chi connectivity index (χ4v) is 9.15. The molecule has 6 N–H and O–H groups in total. The van der Waals surface area contributed by atoms with Gasteiger partial charge in [-0.3, -0.25) is 19.9 Å². The third kappa shape index (κ3) is 11.0. The number of hydrogen-bond acceptors (Lipinski definition) is 14. The number of phenolic OH excluding ortho intramolecular Hbond substituents is 1. The number of ketones is 2. The molecule has 3 heterocycles. The number of methoxy groups -OCH3 is 1. The van der Waals surface area contributed by atoms with E-state index in [2.05, 4.69) is 58.1 Å². The van der Waals surface area contributed by atoms with E-state index in [1.165, 1.54) is 24.4 Å². The molecule has 1 fully saturated rings. The van der Waals surface area contributed by atoms with Crippen molar-refractivity contribution in [3.63, 3.8) is 0 Å². The third-order valence-electron chi connectivity index (χ3n) is 10.5. The van der Waals surface area contributed by atoms with E-state index in [1.807, 2.05) is 6.26 Å². The molecule has 2 aliphatic rings. The summed E-state index contributed by atoms with van der Waals surface area (Å²) in [5.74, 6) is 10.7. The Labute approximate surface area is 373 Å². The van der Waals surface area contributed by atoms with Crippen molar-refractivity contribution in [2.24, 2.45) is 0 Å². The summed E-state index contributed by atoms with van der Waals surface area (Å²) in [6.45, 7) is 8.28. The number of aromatic amines is 1. The number of benzene rings is 1.